The molecule has 0 fully saturated rings. The molecule has 0 saturated heterocycles. The second-order valence-corrected chi connectivity index (χ2v) is 22.4. The molecule has 0 rings (SSSR count). The van der Waals surface area contributed by atoms with Gasteiger partial charge in [0.05, 0.1) is 0 Å². The molecule has 0 heterocycles. The van der Waals surface area contributed by atoms with Crippen molar-refractivity contribution in [1.82, 2.24) is 0 Å². The average molecular weight is 1050 g/mol. The van der Waals surface area contributed by atoms with Crippen LogP contribution in [0.2, 0.25) is 0 Å². The van der Waals surface area contributed by atoms with Crippen LogP contribution >= 0.6 is 0 Å². The van der Waals surface area contributed by atoms with E-state index in [-0.39, 0.29) is 31.1 Å². The van der Waals surface area contributed by atoms with Gasteiger partial charge in [-0.2, -0.15) is 0 Å². The summed E-state index contributed by atoms with van der Waals surface area (Å²) in [4.78, 5) is 38.4. The zero-order chi connectivity index (χ0) is 54.3. The minimum absolute atomic E-state index is 0.0733. The first-order valence-corrected chi connectivity index (χ1v) is 33.1. The first-order valence-electron chi connectivity index (χ1n) is 33.1. The lowest BCUT2D eigenvalue weighted by Crippen LogP contribution is -2.30. The van der Waals surface area contributed by atoms with Gasteiger partial charge < -0.3 is 14.2 Å². The molecule has 0 aromatic carbocycles. The van der Waals surface area contributed by atoms with Crippen LogP contribution in [0.3, 0.4) is 0 Å². The summed E-state index contributed by atoms with van der Waals surface area (Å²) in [6.45, 7) is 6.58. The highest BCUT2D eigenvalue weighted by molar-refractivity contribution is 5.71. The number of carbonyl (C=O) groups is 3. The molecule has 0 aliphatic rings. The minimum atomic E-state index is -0.778. The van der Waals surface area contributed by atoms with Crippen molar-refractivity contribution in [1.29, 1.82) is 0 Å². The third kappa shape index (κ3) is 62.1. The predicted octanol–water partition coefficient (Wildman–Crippen LogP) is 22.6. The van der Waals surface area contributed by atoms with Crippen LogP contribution in [0.4, 0.5) is 0 Å². The summed E-state index contributed by atoms with van der Waals surface area (Å²) in [5.74, 6) is -0.860. The number of esters is 3. The fourth-order valence-corrected chi connectivity index (χ4v) is 9.87. The lowest BCUT2D eigenvalue weighted by Gasteiger charge is -2.18. The number of carbonyl (C=O) groups excluding carboxylic acids is 3. The maximum Gasteiger partial charge on any atom is 0.306 e. The van der Waals surface area contributed by atoms with Crippen LogP contribution < -0.4 is 0 Å². The fraction of sp³-hybridized carbons (Fsp3) is 0.841. The van der Waals surface area contributed by atoms with Crippen LogP contribution in [-0.2, 0) is 28.6 Å². The van der Waals surface area contributed by atoms with E-state index in [9.17, 15) is 14.4 Å². The Hall–Kier alpha value is -2.63. The molecule has 75 heavy (non-hydrogen) atoms. The monoisotopic (exact) mass is 1050 g/mol. The Kier molecular flexibility index (Phi) is 61.7. The average Bonchev–Trinajstić information content (AvgIpc) is 3.41. The fourth-order valence-electron chi connectivity index (χ4n) is 9.87. The number of hydrogen-bond donors (Lipinski definition) is 0. The van der Waals surface area contributed by atoms with Crippen molar-refractivity contribution in [2.24, 2.45) is 0 Å². The SMILES string of the molecule is CC/C=C\C/C=C\C/C=C\CCCCCCCCCC(=O)OC(COC(=O)CCCCCCCCCCCCC/C=C\CCCCCCCCCC)COC(=O)CCCCCCCCCCCCCCCCCCC. The summed E-state index contributed by atoms with van der Waals surface area (Å²) in [6, 6.07) is 0. The topological polar surface area (TPSA) is 78.9 Å². The van der Waals surface area contributed by atoms with E-state index < -0.39 is 6.10 Å². The van der Waals surface area contributed by atoms with Crippen LogP contribution in [0, 0.1) is 0 Å². The van der Waals surface area contributed by atoms with Crippen molar-refractivity contribution in [3.63, 3.8) is 0 Å². The van der Waals surface area contributed by atoms with Crippen LogP contribution in [0.25, 0.3) is 0 Å². The number of ether oxygens (including phenoxy) is 3. The standard InChI is InChI=1S/C69H126O6/c1-4-7-10-13-16-19-22-25-28-31-32-33-34-35-36-39-41-44-47-50-53-56-59-62-68(71)74-65-66(75-69(72)63-60-57-54-51-48-45-42-38-30-27-24-21-18-15-12-9-6-3)64-73-67(70)61-58-55-52-49-46-43-40-37-29-26-23-20-17-14-11-8-5-2/h9,12,18,21,27,30-32,66H,4-8,10-11,13-17,19-20,22-26,28-29,33-65H2,1-3H3/b12-9-,21-18-,30-27-,32-31-. The molecule has 0 saturated carbocycles. The van der Waals surface area contributed by atoms with Gasteiger partial charge in [0.2, 0.25) is 0 Å². The Morgan fingerprint density at radius 2 is 0.520 bits per heavy atom. The lowest BCUT2D eigenvalue weighted by atomic mass is 10.0. The van der Waals surface area contributed by atoms with E-state index in [0.717, 1.165) is 83.5 Å². The molecule has 438 valence electrons. The second kappa shape index (κ2) is 63.9. The molecule has 0 radical (unpaired) electrons. The Morgan fingerprint density at radius 3 is 0.827 bits per heavy atom. The van der Waals surface area contributed by atoms with E-state index in [0.29, 0.717) is 19.3 Å². The Morgan fingerprint density at radius 1 is 0.280 bits per heavy atom. The summed E-state index contributed by atoms with van der Waals surface area (Å²) in [5, 5.41) is 0. The van der Waals surface area contributed by atoms with E-state index in [1.807, 2.05) is 0 Å². The number of rotatable bonds is 61. The third-order valence-electron chi connectivity index (χ3n) is 14.8. The van der Waals surface area contributed by atoms with Crippen molar-refractivity contribution in [2.75, 3.05) is 13.2 Å². The quantitative estimate of drug-likeness (QED) is 0.0261. The van der Waals surface area contributed by atoms with Gasteiger partial charge in [-0.25, -0.2) is 0 Å². The molecule has 0 aromatic rings. The first kappa shape index (κ1) is 72.4. The van der Waals surface area contributed by atoms with E-state index >= 15 is 0 Å². The molecular formula is C69H126O6. The zero-order valence-corrected chi connectivity index (χ0v) is 50.3. The smallest absolute Gasteiger partial charge is 0.306 e. The van der Waals surface area contributed by atoms with Crippen molar-refractivity contribution in [3.8, 4) is 0 Å². The lowest BCUT2D eigenvalue weighted by molar-refractivity contribution is -0.167. The molecule has 6 heteroatoms. The molecule has 0 aliphatic carbocycles. The molecule has 0 amide bonds. The van der Waals surface area contributed by atoms with E-state index in [4.69, 9.17) is 14.2 Å². The van der Waals surface area contributed by atoms with Gasteiger partial charge in [-0.15, -0.1) is 0 Å². The highest BCUT2D eigenvalue weighted by Gasteiger charge is 2.19. The molecule has 0 aliphatic heterocycles. The summed E-state index contributed by atoms with van der Waals surface area (Å²) < 4.78 is 17.0. The number of unbranched alkanes of at least 4 members (excludes halogenated alkanes) is 42. The van der Waals surface area contributed by atoms with Crippen LogP contribution in [0.5, 0.6) is 0 Å². The summed E-state index contributed by atoms with van der Waals surface area (Å²) in [6.07, 6.45) is 79.8. The molecule has 0 bridgehead atoms. The van der Waals surface area contributed by atoms with Crippen LogP contribution in [0.15, 0.2) is 48.6 Å². The van der Waals surface area contributed by atoms with Gasteiger partial charge in [-0.3, -0.25) is 14.4 Å². The third-order valence-corrected chi connectivity index (χ3v) is 14.8. The van der Waals surface area contributed by atoms with Gasteiger partial charge in [0.1, 0.15) is 13.2 Å². The van der Waals surface area contributed by atoms with Crippen molar-refractivity contribution in [3.05, 3.63) is 48.6 Å². The maximum atomic E-state index is 12.9. The largest absolute Gasteiger partial charge is 0.462 e. The highest BCUT2D eigenvalue weighted by Crippen LogP contribution is 2.18. The van der Waals surface area contributed by atoms with Crippen LogP contribution in [-0.4, -0.2) is 37.2 Å². The Labute approximate surface area is 467 Å². The van der Waals surface area contributed by atoms with Crippen molar-refractivity contribution < 1.29 is 28.6 Å². The van der Waals surface area contributed by atoms with Gasteiger partial charge >= 0.3 is 17.9 Å². The minimum Gasteiger partial charge on any atom is -0.462 e. The Balaban J connectivity index is 4.31. The van der Waals surface area contributed by atoms with Gasteiger partial charge in [0.15, 0.2) is 6.10 Å². The van der Waals surface area contributed by atoms with E-state index in [2.05, 4.69) is 69.4 Å². The van der Waals surface area contributed by atoms with Gasteiger partial charge in [-0.05, 0) is 77.0 Å². The van der Waals surface area contributed by atoms with Gasteiger partial charge in [0, 0.05) is 19.3 Å². The molecule has 1 atom stereocenters. The van der Waals surface area contributed by atoms with E-state index in [1.165, 1.54) is 231 Å². The van der Waals surface area contributed by atoms with Crippen molar-refractivity contribution >= 4 is 17.9 Å². The number of allylic oxidation sites excluding steroid dienone is 8. The molecule has 0 aromatic heterocycles. The van der Waals surface area contributed by atoms with E-state index in [1.54, 1.807) is 0 Å². The molecule has 1 unspecified atom stereocenters. The summed E-state index contributed by atoms with van der Waals surface area (Å²) in [7, 11) is 0. The van der Waals surface area contributed by atoms with Crippen molar-refractivity contribution in [2.45, 2.75) is 361 Å². The maximum absolute atomic E-state index is 12.9. The molecule has 0 spiro atoms. The number of hydrogen-bond acceptors (Lipinski definition) is 6. The Bertz CT molecular complexity index is 1300. The summed E-state index contributed by atoms with van der Waals surface area (Å²) in [5.41, 5.74) is 0. The van der Waals surface area contributed by atoms with Crippen LogP contribution in [0.1, 0.15) is 355 Å². The molecule has 6 nitrogen and oxygen atoms in total. The normalized spacial score (nSPS) is 12.3. The van der Waals surface area contributed by atoms with Gasteiger partial charge in [-0.1, -0.05) is 307 Å². The zero-order valence-electron chi connectivity index (χ0n) is 50.3. The second-order valence-electron chi connectivity index (χ2n) is 22.4. The highest BCUT2D eigenvalue weighted by atomic mass is 16.6. The molecule has 0 N–H and O–H groups in total. The van der Waals surface area contributed by atoms with Gasteiger partial charge in [0.25, 0.3) is 0 Å². The molecular weight excluding hydrogens is 925 g/mol. The first-order chi connectivity index (χ1) is 37.0. The summed E-state index contributed by atoms with van der Waals surface area (Å²) >= 11 is 0. The predicted molar refractivity (Wildman–Crippen MR) is 325 cm³/mol.